The molecule has 0 bridgehead atoms. The molecule has 0 atom stereocenters. The summed E-state index contributed by atoms with van der Waals surface area (Å²) in [5, 5.41) is 0. The molecule has 0 aromatic heterocycles. The lowest BCUT2D eigenvalue weighted by molar-refractivity contribution is -0.226. The Morgan fingerprint density at radius 1 is 1.24 bits per heavy atom. The third-order valence-corrected chi connectivity index (χ3v) is 2.96. The van der Waals surface area contributed by atoms with Gasteiger partial charge in [0.1, 0.15) is 5.75 Å². The Kier molecular flexibility index (Phi) is 3.40. The second kappa shape index (κ2) is 4.67. The van der Waals surface area contributed by atoms with Gasteiger partial charge in [-0.2, -0.15) is 0 Å². The first-order chi connectivity index (χ1) is 8.02. The number of hydrogen-bond acceptors (Lipinski definition) is 3. The zero-order valence-electron chi connectivity index (χ0n) is 10.9. The highest BCUT2D eigenvalue weighted by Crippen LogP contribution is 2.33. The maximum Gasteiger partial charge on any atom is 0.183 e. The van der Waals surface area contributed by atoms with Gasteiger partial charge in [-0.1, -0.05) is 26.0 Å². The number of methoxy groups -OCH3 is 1. The Morgan fingerprint density at radius 3 is 2.47 bits per heavy atom. The van der Waals surface area contributed by atoms with Crippen LogP contribution in [0.25, 0.3) is 0 Å². The molecule has 1 heterocycles. The van der Waals surface area contributed by atoms with Crippen LogP contribution in [0, 0.1) is 12.3 Å². The zero-order valence-corrected chi connectivity index (χ0v) is 10.9. The molecule has 0 spiro atoms. The van der Waals surface area contributed by atoms with Gasteiger partial charge in [0.05, 0.1) is 20.3 Å². The Labute approximate surface area is 103 Å². The zero-order chi connectivity index (χ0) is 12.5. The Balaban J connectivity index is 2.13. The predicted molar refractivity (Wildman–Crippen MR) is 66.2 cm³/mol. The van der Waals surface area contributed by atoms with Crippen molar-refractivity contribution in [3.63, 3.8) is 0 Å². The Morgan fingerprint density at radius 2 is 1.88 bits per heavy atom. The van der Waals surface area contributed by atoms with Crippen LogP contribution in [0.15, 0.2) is 18.2 Å². The van der Waals surface area contributed by atoms with E-state index in [0.717, 1.165) is 16.9 Å². The molecule has 17 heavy (non-hydrogen) atoms. The summed E-state index contributed by atoms with van der Waals surface area (Å²) in [6, 6.07) is 6.04. The Hall–Kier alpha value is -1.06. The summed E-state index contributed by atoms with van der Waals surface area (Å²) in [4.78, 5) is 0. The van der Waals surface area contributed by atoms with E-state index in [2.05, 4.69) is 13.8 Å². The molecule has 1 aliphatic rings. The molecule has 0 N–H and O–H groups in total. The van der Waals surface area contributed by atoms with Crippen LogP contribution < -0.4 is 4.74 Å². The van der Waals surface area contributed by atoms with Crippen molar-refractivity contribution in [2.24, 2.45) is 5.41 Å². The largest absolute Gasteiger partial charge is 0.496 e. The average Bonchev–Trinajstić information content (AvgIpc) is 2.30. The van der Waals surface area contributed by atoms with Gasteiger partial charge in [0, 0.05) is 11.0 Å². The van der Waals surface area contributed by atoms with Gasteiger partial charge in [-0.25, -0.2) is 0 Å². The van der Waals surface area contributed by atoms with Crippen molar-refractivity contribution >= 4 is 0 Å². The molecule has 0 saturated carbocycles. The molecule has 0 radical (unpaired) electrons. The number of ether oxygens (including phenoxy) is 3. The van der Waals surface area contributed by atoms with Gasteiger partial charge in [0.2, 0.25) is 0 Å². The van der Waals surface area contributed by atoms with Crippen LogP contribution in [0.1, 0.15) is 31.3 Å². The van der Waals surface area contributed by atoms with Crippen molar-refractivity contribution < 1.29 is 14.2 Å². The molecule has 0 unspecified atom stereocenters. The topological polar surface area (TPSA) is 27.7 Å². The van der Waals surface area contributed by atoms with Crippen molar-refractivity contribution in [3.05, 3.63) is 29.3 Å². The summed E-state index contributed by atoms with van der Waals surface area (Å²) < 4.78 is 16.8. The second-order valence-corrected chi connectivity index (χ2v) is 5.35. The molecular weight excluding hydrogens is 216 g/mol. The highest BCUT2D eigenvalue weighted by molar-refractivity contribution is 5.37. The van der Waals surface area contributed by atoms with E-state index in [1.807, 2.05) is 25.1 Å². The lowest BCUT2D eigenvalue weighted by Gasteiger charge is -2.34. The van der Waals surface area contributed by atoms with E-state index in [9.17, 15) is 0 Å². The van der Waals surface area contributed by atoms with E-state index in [1.54, 1.807) is 7.11 Å². The molecule has 1 saturated heterocycles. The normalized spacial score (nSPS) is 20.2. The van der Waals surface area contributed by atoms with Crippen molar-refractivity contribution in [1.82, 2.24) is 0 Å². The molecule has 0 aliphatic carbocycles. The van der Waals surface area contributed by atoms with Crippen LogP contribution >= 0.6 is 0 Å². The summed E-state index contributed by atoms with van der Waals surface area (Å²) in [7, 11) is 1.68. The lowest BCUT2D eigenvalue weighted by Crippen LogP contribution is -2.33. The molecule has 1 fully saturated rings. The molecule has 3 nitrogen and oxygen atoms in total. The summed E-state index contributed by atoms with van der Waals surface area (Å²) in [6.07, 6.45) is -0.266. The van der Waals surface area contributed by atoms with Gasteiger partial charge in [-0.3, -0.25) is 0 Å². The highest BCUT2D eigenvalue weighted by atomic mass is 16.7. The quantitative estimate of drug-likeness (QED) is 0.789. The minimum Gasteiger partial charge on any atom is -0.496 e. The van der Waals surface area contributed by atoms with E-state index in [4.69, 9.17) is 14.2 Å². The molecule has 94 valence electrons. The van der Waals surface area contributed by atoms with E-state index in [-0.39, 0.29) is 11.7 Å². The number of benzene rings is 1. The molecule has 2 rings (SSSR count). The minimum atomic E-state index is -0.266. The molecule has 0 amide bonds. The number of rotatable bonds is 2. The number of hydrogen-bond donors (Lipinski definition) is 0. The molecule has 1 aliphatic heterocycles. The average molecular weight is 236 g/mol. The van der Waals surface area contributed by atoms with Gasteiger partial charge < -0.3 is 14.2 Å². The Bertz CT molecular complexity index is 388. The van der Waals surface area contributed by atoms with E-state index in [0.29, 0.717) is 13.2 Å². The fourth-order valence-corrected chi connectivity index (χ4v) is 1.87. The predicted octanol–water partition coefficient (Wildman–Crippen LogP) is 3.08. The van der Waals surface area contributed by atoms with Crippen LogP contribution in [0.4, 0.5) is 0 Å². The molecular formula is C14H20O3. The van der Waals surface area contributed by atoms with Gasteiger partial charge >= 0.3 is 0 Å². The third kappa shape index (κ3) is 2.79. The van der Waals surface area contributed by atoms with Crippen molar-refractivity contribution in [2.45, 2.75) is 27.1 Å². The first kappa shape index (κ1) is 12.4. The third-order valence-electron chi connectivity index (χ3n) is 2.96. The minimum absolute atomic E-state index is 0.102. The van der Waals surface area contributed by atoms with E-state index < -0.39 is 0 Å². The van der Waals surface area contributed by atoms with Crippen molar-refractivity contribution in [1.29, 1.82) is 0 Å². The second-order valence-electron chi connectivity index (χ2n) is 5.35. The summed E-state index contributed by atoms with van der Waals surface area (Å²) in [5.74, 6) is 0.875. The maximum atomic E-state index is 5.74. The molecule has 1 aromatic rings. The van der Waals surface area contributed by atoms with Crippen LogP contribution in [-0.2, 0) is 9.47 Å². The smallest absolute Gasteiger partial charge is 0.183 e. The van der Waals surface area contributed by atoms with Crippen molar-refractivity contribution in [2.75, 3.05) is 20.3 Å². The van der Waals surface area contributed by atoms with Gasteiger partial charge in [0.25, 0.3) is 0 Å². The highest BCUT2D eigenvalue weighted by Gasteiger charge is 2.29. The van der Waals surface area contributed by atoms with Crippen LogP contribution in [0.5, 0.6) is 5.75 Å². The maximum absolute atomic E-state index is 5.74. The van der Waals surface area contributed by atoms with Crippen LogP contribution in [0.3, 0.4) is 0 Å². The fourth-order valence-electron chi connectivity index (χ4n) is 1.87. The first-order valence-corrected chi connectivity index (χ1v) is 5.89. The standard InChI is InChI=1S/C14H20O3/c1-10-5-6-11(7-12(10)15-4)13-16-8-14(2,3)9-17-13/h5-7,13H,8-9H2,1-4H3. The summed E-state index contributed by atoms with van der Waals surface area (Å²) in [5.41, 5.74) is 2.24. The van der Waals surface area contributed by atoms with E-state index >= 15 is 0 Å². The van der Waals surface area contributed by atoms with Crippen LogP contribution in [0.2, 0.25) is 0 Å². The molecule has 1 aromatic carbocycles. The van der Waals surface area contributed by atoms with Crippen LogP contribution in [-0.4, -0.2) is 20.3 Å². The summed E-state index contributed by atoms with van der Waals surface area (Å²) >= 11 is 0. The fraction of sp³-hybridized carbons (Fsp3) is 0.571. The monoisotopic (exact) mass is 236 g/mol. The summed E-state index contributed by atoms with van der Waals surface area (Å²) in [6.45, 7) is 7.73. The molecule has 3 heteroatoms. The van der Waals surface area contributed by atoms with Gasteiger partial charge in [0.15, 0.2) is 6.29 Å². The van der Waals surface area contributed by atoms with Gasteiger partial charge in [-0.05, 0) is 18.6 Å². The SMILES string of the molecule is COc1cc(C2OCC(C)(C)CO2)ccc1C. The number of aryl methyl sites for hydroxylation is 1. The first-order valence-electron chi connectivity index (χ1n) is 5.89. The van der Waals surface area contributed by atoms with Gasteiger partial charge in [-0.15, -0.1) is 0 Å². The lowest BCUT2D eigenvalue weighted by atomic mass is 9.95. The van der Waals surface area contributed by atoms with Crippen molar-refractivity contribution in [3.8, 4) is 5.75 Å². The van der Waals surface area contributed by atoms with E-state index in [1.165, 1.54) is 0 Å².